The SMILES string of the molecule is COC(=O)N[C@@H](C(=O)N1CCC[C@H]1c1nc2c([nH]1)CCc1cc(C#Cc3ccc(-c4cnc([C@@H]5CCCN5C(=O)[C@@H](c5ccccc5)N(C)C(=O)O)[nH]4)cc3)ccc1-2)c1ccccc1. The number of rotatable bonds is 9. The van der Waals surface area contributed by atoms with E-state index in [2.05, 4.69) is 44.2 Å². The van der Waals surface area contributed by atoms with Gasteiger partial charge in [-0.15, -0.1) is 0 Å². The standard InChI is InChI=1S/C50H48N8O6/c1-56(50(62)63)44(35-13-7-4-8-14-35)48(60)58-28-9-15-40(58)45-51-30-39(53-45)33-22-19-31(20-23-33)17-18-32-21-25-37-36(29-32)24-26-38-43(37)54-46(52-38)41-16-10-27-57(41)47(59)42(55-49(61)64-2)34-11-5-3-6-12-34/h3-8,11-14,19-23,25,29-30,40-42,44H,9-10,15-16,24,26-28H2,1-2H3,(H,51,53)(H,52,54)(H,55,61)(H,62,63)/t40-,41-,42+,44+/m0/s1. The van der Waals surface area contributed by atoms with Crippen LogP contribution in [0.2, 0.25) is 0 Å². The van der Waals surface area contributed by atoms with Crippen molar-refractivity contribution in [2.24, 2.45) is 0 Å². The van der Waals surface area contributed by atoms with Crippen LogP contribution in [0.3, 0.4) is 0 Å². The Labute approximate surface area is 370 Å². The van der Waals surface area contributed by atoms with Gasteiger partial charge in [0.2, 0.25) is 0 Å². The van der Waals surface area contributed by atoms with E-state index in [9.17, 15) is 24.3 Å². The highest BCUT2D eigenvalue weighted by atomic mass is 16.5. The number of aryl methyl sites for hydroxylation is 2. The van der Waals surface area contributed by atoms with Gasteiger partial charge in [0.1, 0.15) is 23.7 Å². The first-order valence-electron chi connectivity index (χ1n) is 21.6. The Morgan fingerprint density at radius 3 is 2.12 bits per heavy atom. The number of aromatic amines is 2. The Bertz CT molecular complexity index is 2760. The molecule has 64 heavy (non-hydrogen) atoms. The predicted octanol–water partition coefficient (Wildman–Crippen LogP) is 7.74. The minimum atomic E-state index is -1.17. The topological polar surface area (TPSA) is 177 Å². The molecule has 2 saturated heterocycles. The zero-order valence-electron chi connectivity index (χ0n) is 35.6. The summed E-state index contributed by atoms with van der Waals surface area (Å²) in [6, 6.07) is 30.0. The van der Waals surface area contributed by atoms with Crippen LogP contribution in [0.5, 0.6) is 0 Å². The van der Waals surface area contributed by atoms with Crippen molar-refractivity contribution >= 4 is 24.0 Å². The molecule has 2 aliphatic heterocycles. The molecular formula is C50H48N8O6. The molecule has 324 valence electrons. The molecular weight excluding hydrogens is 809 g/mol. The number of benzene rings is 4. The van der Waals surface area contributed by atoms with Gasteiger partial charge in [0.15, 0.2) is 0 Å². The van der Waals surface area contributed by atoms with Crippen LogP contribution >= 0.6 is 0 Å². The van der Waals surface area contributed by atoms with Crippen molar-refractivity contribution in [3.8, 4) is 34.4 Å². The van der Waals surface area contributed by atoms with Crippen LogP contribution in [0.4, 0.5) is 9.59 Å². The van der Waals surface area contributed by atoms with Crippen LogP contribution in [0.15, 0.2) is 109 Å². The van der Waals surface area contributed by atoms with E-state index in [0.717, 1.165) is 82.2 Å². The molecule has 4 heterocycles. The van der Waals surface area contributed by atoms with E-state index in [-0.39, 0.29) is 23.9 Å². The van der Waals surface area contributed by atoms with Crippen molar-refractivity contribution < 1.29 is 29.0 Å². The number of carboxylic acid groups (broad SMARTS) is 1. The van der Waals surface area contributed by atoms with Crippen LogP contribution in [0, 0.1) is 11.8 Å². The molecule has 2 fully saturated rings. The Kier molecular flexibility index (Phi) is 11.7. The van der Waals surface area contributed by atoms with Crippen molar-refractivity contribution in [2.75, 3.05) is 27.2 Å². The summed E-state index contributed by atoms with van der Waals surface area (Å²) < 4.78 is 4.85. The predicted molar refractivity (Wildman–Crippen MR) is 239 cm³/mol. The number of imidazole rings is 2. The normalized spacial score (nSPS) is 17.3. The fourth-order valence-corrected chi connectivity index (χ4v) is 9.23. The summed E-state index contributed by atoms with van der Waals surface area (Å²) in [6.07, 6.45) is 4.62. The molecule has 0 spiro atoms. The smallest absolute Gasteiger partial charge is 0.407 e. The number of carbonyl (C=O) groups is 4. The number of hydrogen-bond donors (Lipinski definition) is 4. The van der Waals surface area contributed by atoms with Crippen molar-refractivity contribution in [1.82, 2.24) is 40.0 Å². The lowest BCUT2D eigenvalue weighted by Crippen LogP contribution is -2.43. The number of ether oxygens (including phenoxy) is 1. The molecule has 0 saturated carbocycles. The first-order chi connectivity index (χ1) is 31.2. The molecule has 4 N–H and O–H groups in total. The first kappa shape index (κ1) is 41.7. The van der Waals surface area contributed by atoms with E-state index in [1.807, 2.05) is 71.6 Å². The lowest BCUT2D eigenvalue weighted by molar-refractivity contribution is -0.137. The third-order valence-corrected chi connectivity index (χ3v) is 12.5. The third kappa shape index (κ3) is 8.32. The second-order valence-electron chi connectivity index (χ2n) is 16.4. The number of likely N-dealkylation sites (tertiary alicyclic amines) is 2. The summed E-state index contributed by atoms with van der Waals surface area (Å²) in [6.45, 7) is 1.07. The van der Waals surface area contributed by atoms with Crippen LogP contribution in [0.25, 0.3) is 22.5 Å². The number of nitrogens with one attached hydrogen (secondary N) is 3. The van der Waals surface area contributed by atoms with Crippen LogP contribution in [-0.4, -0.2) is 91.0 Å². The molecule has 3 aliphatic rings. The van der Waals surface area contributed by atoms with Gasteiger partial charge in [0.05, 0.1) is 36.8 Å². The molecule has 0 bridgehead atoms. The fraction of sp³-hybridized carbons (Fsp3) is 0.280. The van der Waals surface area contributed by atoms with Gasteiger partial charge < -0.3 is 34.9 Å². The van der Waals surface area contributed by atoms with Gasteiger partial charge in [-0.3, -0.25) is 14.5 Å². The van der Waals surface area contributed by atoms with Crippen LogP contribution < -0.4 is 5.32 Å². The van der Waals surface area contributed by atoms with Crippen molar-refractivity contribution in [3.05, 3.63) is 154 Å². The van der Waals surface area contributed by atoms with Crippen molar-refractivity contribution in [2.45, 2.75) is 62.7 Å². The van der Waals surface area contributed by atoms with Gasteiger partial charge in [-0.1, -0.05) is 90.7 Å². The molecule has 4 aromatic carbocycles. The molecule has 1 aliphatic carbocycles. The molecule has 4 atom stereocenters. The average Bonchev–Trinajstić information content (AvgIpc) is 4.17. The highest BCUT2D eigenvalue weighted by Gasteiger charge is 2.40. The Hall–Kier alpha value is -7.66. The monoisotopic (exact) mass is 856 g/mol. The second kappa shape index (κ2) is 18.0. The van der Waals surface area contributed by atoms with Gasteiger partial charge in [-0.2, -0.15) is 0 Å². The first-order valence-corrected chi connectivity index (χ1v) is 21.6. The van der Waals surface area contributed by atoms with Crippen molar-refractivity contribution in [1.29, 1.82) is 0 Å². The van der Waals surface area contributed by atoms with E-state index in [4.69, 9.17) is 9.72 Å². The van der Waals surface area contributed by atoms with Gasteiger partial charge in [-0.05, 0) is 85.0 Å². The summed E-state index contributed by atoms with van der Waals surface area (Å²) in [5, 5.41) is 12.5. The lowest BCUT2D eigenvalue weighted by Gasteiger charge is -2.32. The van der Waals surface area contributed by atoms with Gasteiger partial charge in [-0.25, -0.2) is 19.6 Å². The van der Waals surface area contributed by atoms with E-state index in [1.165, 1.54) is 19.7 Å². The van der Waals surface area contributed by atoms with E-state index in [1.54, 1.807) is 35.4 Å². The quantitative estimate of drug-likeness (QED) is 0.107. The Morgan fingerprint density at radius 1 is 0.797 bits per heavy atom. The number of methoxy groups -OCH3 is 1. The van der Waals surface area contributed by atoms with E-state index < -0.39 is 24.3 Å². The molecule has 0 radical (unpaired) electrons. The summed E-state index contributed by atoms with van der Waals surface area (Å²) in [7, 11) is 2.71. The van der Waals surface area contributed by atoms with E-state index >= 15 is 0 Å². The maximum atomic E-state index is 14.0. The van der Waals surface area contributed by atoms with Gasteiger partial charge in [0.25, 0.3) is 11.8 Å². The molecule has 6 aromatic rings. The number of likely N-dealkylation sites (N-methyl/N-ethyl adjacent to an activating group) is 1. The Balaban J connectivity index is 0.871. The van der Waals surface area contributed by atoms with Crippen LogP contribution in [-0.2, 0) is 27.2 Å². The summed E-state index contributed by atoms with van der Waals surface area (Å²) in [5.41, 5.74) is 8.96. The zero-order valence-corrected chi connectivity index (χ0v) is 35.6. The lowest BCUT2D eigenvalue weighted by atomic mass is 9.91. The fourth-order valence-electron chi connectivity index (χ4n) is 9.23. The molecule has 9 rings (SSSR count). The Morgan fingerprint density at radius 2 is 1.44 bits per heavy atom. The number of amides is 4. The number of aromatic nitrogens is 4. The van der Waals surface area contributed by atoms with E-state index in [0.29, 0.717) is 36.5 Å². The molecule has 4 amide bonds. The summed E-state index contributed by atoms with van der Waals surface area (Å²) in [5.74, 6) is 7.59. The largest absolute Gasteiger partial charge is 0.465 e. The second-order valence-corrected chi connectivity index (χ2v) is 16.4. The maximum Gasteiger partial charge on any atom is 0.407 e. The van der Waals surface area contributed by atoms with Gasteiger partial charge >= 0.3 is 12.2 Å². The number of carbonyl (C=O) groups excluding carboxylic acids is 3. The summed E-state index contributed by atoms with van der Waals surface area (Å²) >= 11 is 0. The van der Waals surface area contributed by atoms with Gasteiger partial charge in [0, 0.05) is 42.5 Å². The highest BCUT2D eigenvalue weighted by Crippen LogP contribution is 2.39. The van der Waals surface area contributed by atoms with Crippen molar-refractivity contribution in [3.63, 3.8) is 0 Å². The number of fused-ring (bicyclic) bond motifs is 3. The number of nitrogens with zero attached hydrogens (tertiary/aromatic N) is 5. The summed E-state index contributed by atoms with van der Waals surface area (Å²) in [4.78, 5) is 73.7. The average molecular weight is 857 g/mol. The number of alkyl carbamates (subject to hydrolysis) is 1. The molecule has 0 unspecified atom stereocenters. The molecule has 14 heteroatoms. The maximum absolute atomic E-state index is 14.0. The van der Waals surface area contributed by atoms with Crippen LogP contribution in [0.1, 0.15) is 95.0 Å². The number of hydrogen-bond acceptors (Lipinski definition) is 7. The molecule has 14 nitrogen and oxygen atoms in total. The third-order valence-electron chi connectivity index (χ3n) is 12.5. The zero-order chi connectivity index (χ0) is 44.3. The highest BCUT2D eigenvalue weighted by molar-refractivity contribution is 5.88. The minimum Gasteiger partial charge on any atom is -0.465 e. The minimum absolute atomic E-state index is 0.203. The number of H-pyrrole nitrogens is 2. The molecule has 2 aromatic heterocycles.